The molecule has 0 amide bonds. The van der Waals surface area contributed by atoms with Crippen LogP contribution in [0.4, 0.5) is 0 Å². The van der Waals surface area contributed by atoms with Crippen molar-refractivity contribution in [2.24, 2.45) is 7.05 Å². The highest BCUT2D eigenvalue weighted by molar-refractivity contribution is 7.80. The molecular formula is C5H9N3S. The molecule has 0 saturated heterocycles. The molecule has 9 heavy (non-hydrogen) atoms. The molecule has 1 rings (SSSR count). The molecule has 0 bridgehead atoms. The maximum atomic E-state index is 4.22. The second-order valence-corrected chi connectivity index (χ2v) is 2.73. The number of thiol groups is 1. The summed E-state index contributed by atoms with van der Waals surface area (Å²) in [5.74, 6) is 0. The molecule has 0 aromatic carbocycles. The monoisotopic (exact) mass is 143 g/mol. The average molecular weight is 143 g/mol. The third-order valence-electron chi connectivity index (χ3n) is 1.18. The van der Waals surface area contributed by atoms with Crippen LogP contribution < -0.4 is 0 Å². The quantitative estimate of drug-likeness (QED) is 0.590. The minimum Gasteiger partial charge on any atom is -0.251 e. The SMILES string of the molecule is CC(S)c1cnnn1C. The van der Waals surface area contributed by atoms with Gasteiger partial charge in [0.15, 0.2) is 0 Å². The highest BCUT2D eigenvalue weighted by atomic mass is 32.1. The molecule has 0 aliphatic heterocycles. The maximum absolute atomic E-state index is 4.22. The van der Waals surface area contributed by atoms with Crippen molar-refractivity contribution in [3.63, 3.8) is 0 Å². The van der Waals surface area contributed by atoms with E-state index in [2.05, 4.69) is 22.9 Å². The molecule has 0 aliphatic carbocycles. The van der Waals surface area contributed by atoms with E-state index >= 15 is 0 Å². The van der Waals surface area contributed by atoms with Gasteiger partial charge >= 0.3 is 0 Å². The van der Waals surface area contributed by atoms with Crippen molar-refractivity contribution in [1.82, 2.24) is 15.0 Å². The predicted octanol–water partition coefficient (Wildman–Crippen LogP) is 0.806. The number of aromatic nitrogens is 3. The largest absolute Gasteiger partial charge is 0.251 e. The Morgan fingerprint density at radius 2 is 2.44 bits per heavy atom. The Morgan fingerprint density at radius 3 is 2.67 bits per heavy atom. The number of nitrogens with zero attached hydrogens (tertiary/aromatic N) is 3. The molecule has 1 unspecified atom stereocenters. The average Bonchev–Trinajstić information content (AvgIpc) is 2.13. The van der Waals surface area contributed by atoms with E-state index < -0.39 is 0 Å². The molecule has 0 radical (unpaired) electrons. The van der Waals surface area contributed by atoms with Crippen LogP contribution in [0.15, 0.2) is 6.20 Å². The van der Waals surface area contributed by atoms with Crippen LogP contribution in [0.25, 0.3) is 0 Å². The van der Waals surface area contributed by atoms with Crippen molar-refractivity contribution < 1.29 is 0 Å². The predicted molar refractivity (Wildman–Crippen MR) is 38.4 cm³/mol. The second kappa shape index (κ2) is 2.39. The standard InChI is InChI=1S/C5H9N3S/c1-4(9)5-3-6-7-8(5)2/h3-4,9H,1-2H3. The molecule has 1 aromatic heterocycles. The molecule has 1 aromatic rings. The summed E-state index contributed by atoms with van der Waals surface area (Å²) in [6.07, 6.45) is 1.72. The third-order valence-corrected chi connectivity index (χ3v) is 1.44. The summed E-state index contributed by atoms with van der Waals surface area (Å²) >= 11 is 4.22. The lowest BCUT2D eigenvalue weighted by molar-refractivity contribution is 0.679. The Labute approximate surface area is 59.5 Å². The number of aryl methyl sites for hydroxylation is 1. The first-order chi connectivity index (χ1) is 4.22. The van der Waals surface area contributed by atoms with E-state index in [0.717, 1.165) is 5.69 Å². The molecule has 1 atom stereocenters. The normalized spacial score (nSPS) is 13.7. The van der Waals surface area contributed by atoms with Crippen molar-refractivity contribution >= 4 is 12.6 Å². The lowest BCUT2D eigenvalue weighted by Crippen LogP contribution is -1.97. The minimum absolute atomic E-state index is 0.213. The van der Waals surface area contributed by atoms with Crippen molar-refractivity contribution in [3.8, 4) is 0 Å². The number of hydrogen-bond acceptors (Lipinski definition) is 3. The van der Waals surface area contributed by atoms with Gasteiger partial charge in [-0.3, -0.25) is 4.68 Å². The Bertz CT molecular complexity index is 194. The van der Waals surface area contributed by atoms with Crippen LogP contribution in [0.1, 0.15) is 17.9 Å². The van der Waals surface area contributed by atoms with Gasteiger partial charge in [0.25, 0.3) is 0 Å². The summed E-state index contributed by atoms with van der Waals surface area (Å²) in [6, 6.07) is 0. The zero-order chi connectivity index (χ0) is 6.85. The Balaban J connectivity index is 2.94. The van der Waals surface area contributed by atoms with Gasteiger partial charge in [0.1, 0.15) is 0 Å². The maximum Gasteiger partial charge on any atom is 0.0736 e. The van der Waals surface area contributed by atoms with Gasteiger partial charge in [-0.25, -0.2) is 0 Å². The molecule has 50 valence electrons. The fourth-order valence-corrected chi connectivity index (χ4v) is 0.910. The summed E-state index contributed by atoms with van der Waals surface area (Å²) in [6.45, 7) is 1.99. The molecule has 1 heterocycles. The summed E-state index contributed by atoms with van der Waals surface area (Å²) in [4.78, 5) is 0. The Morgan fingerprint density at radius 1 is 1.78 bits per heavy atom. The van der Waals surface area contributed by atoms with E-state index in [1.165, 1.54) is 0 Å². The van der Waals surface area contributed by atoms with E-state index in [1.54, 1.807) is 10.9 Å². The van der Waals surface area contributed by atoms with E-state index in [-0.39, 0.29) is 5.25 Å². The topological polar surface area (TPSA) is 30.7 Å². The first-order valence-electron chi connectivity index (χ1n) is 2.74. The van der Waals surface area contributed by atoms with Crippen LogP contribution in [0.5, 0.6) is 0 Å². The molecular weight excluding hydrogens is 134 g/mol. The first kappa shape index (κ1) is 6.61. The molecule has 0 fully saturated rings. The molecule has 0 N–H and O–H groups in total. The summed E-state index contributed by atoms with van der Waals surface area (Å²) in [7, 11) is 1.86. The van der Waals surface area contributed by atoms with Crippen LogP contribution in [0.3, 0.4) is 0 Å². The van der Waals surface area contributed by atoms with E-state index in [1.807, 2.05) is 14.0 Å². The third kappa shape index (κ3) is 1.24. The Kier molecular flexibility index (Phi) is 1.75. The van der Waals surface area contributed by atoms with Crippen LogP contribution in [-0.4, -0.2) is 15.0 Å². The zero-order valence-electron chi connectivity index (χ0n) is 5.44. The van der Waals surface area contributed by atoms with Gasteiger partial charge in [0, 0.05) is 12.3 Å². The number of hydrogen-bond donors (Lipinski definition) is 1. The van der Waals surface area contributed by atoms with Gasteiger partial charge < -0.3 is 0 Å². The second-order valence-electron chi connectivity index (χ2n) is 1.96. The van der Waals surface area contributed by atoms with Crippen molar-refractivity contribution in [2.45, 2.75) is 12.2 Å². The fraction of sp³-hybridized carbons (Fsp3) is 0.600. The van der Waals surface area contributed by atoms with Crippen LogP contribution in [0.2, 0.25) is 0 Å². The highest BCUT2D eigenvalue weighted by Crippen LogP contribution is 2.15. The van der Waals surface area contributed by atoms with Gasteiger partial charge in [0.05, 0.1) is 11.9 Å². The Hall–Kier alpha value is -0.510. The van der Waals surface area contributed by atoms with E-state index in [9.17, 15) is 0 Å². The summed E-state index contributed by atoms with van der Waals surface area (Å²) in [5.41, 5.74) is 1.04. The van der Waals surface area contributed by atoms with Gasteiger partial charge in [0.2, 0.25) is 0 Å². The van der Waals surface area contributed by atoms with Gasteiger partial charge in [-0.1, -0.05) is 5.21 Å². The van der Waals surface area contributed by atoms with Crippen molar-refractivity contribution in [2.75, 3.05) is 0 Å². The fourth-order valence-electron chi connectivity index (χ4n) is 0.676. The molecule has 0 aliphatic rings. The highest BCUT2D eigenvalue weighted by Gasteiger charge is 2.03. The molecule has 0 saturated carbocycles. The number of rotatable bonds is 1. The molecule has 0 spiro atoms. The zero-order valence-corrected chi connectivity index (χ0v) is 6.34. The van der Waals surface area contributed by atoms with Crippen molar-refractivity contribution in [1.29, 1.82) is 0 Å². The van der Waals surface area contributed by atoms with Crippen molar-refractivity contribution in [3.05, 3.63) is 11.9 Å². The van der Waals surface area contributed by atoms with Crippen LogP contribution >= 0.6 is 12.6 Å². The van der Waals surface area contributed by atoms with Gasteiger partial charge in [-0.15, -0.1) is 5.10 Å². The lowest BCUT2D eigenvalue weighted by Gasteiger charge is -2.00. The van der Waals surface area contributed by atoms with Gasteiger partial charge in [-0.2, -0.15) is 12.6 Å². The lowest BCUT2D eigenvalue weighted by atomic mass is 10.4. The first-order valence-corrected chi connectivity index (χ1v) is 3.26. The van der Waals surface area contributed by atoms with E-state index in [0.29, 0.717) is 0 Å². The summed E-state index contributed by atoms with van der Waals surface area (Å²) in [5, 5.41) is 7.68. The van der Waals surface area contributed by atoms with Crippen LogP contribution in [0, 0.1) is 0 Å². The molecule has 3 nitrogen and oxygen atoms in total. The van der Waals surface area contributed by atoms with Gasteiger partial charge in [-0.05, 0) is 6.92 Å². The smallest absolute Gasteiger partial charge is 0.0736 e. The summed E-state index contributed by atoms with van der Waals surface area (Å²) < 4.78 is 1.72. The minimum atomic E-state index is 0.213. The molecule has 4 heteroatoms. The van der Waals surface area contributed by atoms with E-state index in [4.69, 9.17) is 0 Å². The van der Waals surface area contributed by atoms with Crippen LogP contribution in [-0.2, 0) is 7.05 Å².